The second-order valence-corrected chi connectivity index (χ2v) is 5.48. The van der Waals surface area contributed by atoms with E-state index in [1.165, 1.54) is 19.3 Å². The molecule has 1 atom stereocenters. The fourth-order valence-electron chi connectivity index (χ4n) is 2.07. The molecule has 3 nitrogen and oxygen atoms in total. The summed E-state index contributed by atoms with van der Waals surface area (Å²) in [6.45, 7) is 5.87. The van der Waals surface area contributed by atoms with E-state index in [0.29, 0.717) is 5.57 Å². The van der Waals surface area contributed by atoms with Crippen molar-refractivity contribution in [1.82, 2.24) is 0 Å². The van der Waals surface area contributed by atoms with E-state index in [9.17, 15) is 9.90 Å². The number of benzene rings is 1. The molecule has 0 spiro atoms. The Kier molecular flexibility index (Phi) is 7.59. The van der Waals surface area contributed by atoms with E-state index < -0.39 is 0 Å². The van der Waals surface area contributed by atoms with Gasteiger partial charge in [-0.15, -0.1) is 0 Å². The van der Waals surface area contributed by atoms with Crippen molar-refractivity contribution >= 4 is 12.0 Å². The van der Waals surface area contributed by atoms with Crippen LogP contribution in [0.4, 0.5) is 0 Å². The molecule has 3 heteroatoms. The van der Waals surface area contributed by atoms with Gasteiger partial charge in [0.2, 0.25) is 0 Å². The van der Waals surface area contributed by atoms with Crippen molar-refractivity contribution in [3.8, 4) is 5.75 Å². The second-order valence-electron chi connectivity index (χ2n) is 5.48. The molecule has 21 heavy (non-hydrogen) atoms. The lowest BCUT2D eigenvalue weighted by Crippen LogP contribution is -2.15. The van der Waals surface area contributed by atoms with Crippen LogP contribution in [0, 0.1) is 0 Å². The number of hydrogen-bond acceptors (Lipinski definition) is 3. The molecule has 0 fully saturated rings. The number of phenols is 1. The van der Waals surface area contributed by atoms with E-state index in [2.05, 4.69) is 6.92 Å². The lowest BCUT2D eigenvalue weighted by molar-refractivity contribution is -0.143. The smallest absolute Gasteiger partial charge is 0.333 e. The van der Waals surface area contributed by atoms with Crippen molar-refractivity contribution in [2.45, 2.75) is 59.0 Å². The van der Waals surface area contributed by atoms with Gasteiger partial charge in [-0.3, -0.25) is 0 Å². The zero-order valence-electron chi connectivity index (χ0n) is 13.3. The molecule has 0 aromatic heterocycles. The van der Waals surface area contributed by atoms with Crippen LogP contribution in [0.3, 0.4) is 0 Å². The number of ether oxygens (including phenoxy) is 1. The van der Waals surface area contributed by atoms with Gasteiger partial charge in [0.15, 0.2) is 0 Å². The van der Waals surface area contributed by atoms with Crippen molar-refractivity contribution in [3.63, 3.8) is 0 Å². The summed E-state index contributed by atoms with van der Waals surface area (Å²) in [6.07, 6.45) is 7.38. The Morgan fingerprint density at radius 2 is 1.90 bits per heavy atom. The number of esters is 1. The SMILES string of the molecule is CCCCCC[C@@H](C)OC(=O)C(C)=Cc1ccc(O)cc1. The molecule has 0 heterocycles. The van der Waals surface area contributed by atoms with E-state index in [4.69, 9.17) is 4.74 Å². The molecule has 1 N–H and O–H groups in total. The Morgan fingerprint density at radius 1 is 1.24 bits per heavy atom. The van der Waals surface area contributed by atoms with Gasteiger partial charge < -0.3 is 9.84 Å². The standard InChI is InChI=1S/C18H26O3/c1-4-5-6-7-8-15(3)21-18(20)14(2)13-16-9-11-17(19)12-10-16/h9-13,15,19H,4-8H2,1-3H3/t15-/m1/s1. The molecule has 0 amide bonds. The van der Waals surface area contributed by atoms with Gasteiger partial charge in [-0.05, 0) is 50.5 Å². The molecule has 0 aliphatic heterocycles. The first-order chi connectivity index (χ1) is 10.0. The van der Waals surface area contributed by atoms with Crippen LogP contribution in [0.1, 0.15) is 58.4 Å². The molecule has 1 aromatic rings. The molecule has 0 aliphatic rings. The lowest BCUT2D eigenvalue weighted by atomic mass is 10.1. The maximum absolute atomic E-state index is 12.0. The van der Waals surface area contributed by atoms with Gasteiger partial charge >= 0.3 is 5.97 Å². The topological polar surface area (TPSA) is 46.5 Å². The molecule has 0 radical (unpaired) electrons. The highest BCUT2D eigenvalue weighted by atomic mass is 16.5. The number of carbonyl (C=O) groups excluding carboxylic acids is 1. The molecule has 0 bridgehead atoms. The molecule has 0 saturated carbocycles. The quantitative estimate of drug-likeness (QED) is 0.429. The van der Waals surface area contributed by atoms with E-state index in [0.717, 1.165) is 18.4 Å². The number of rotatable bonds is 8. The van der Waals surface area contributed by atoms with Crippen LogP contribution < -0.4 is 0 Å². The van der Waals surface area contributed by atoms with Crippen LogP contribution in [0.25, 0.3) is 6.08 Å². The van der Waals surface area contributed by atoms with Crippen LogP contribution in [-0.2, 0) is 9.53 Å². The molecule has 0 aliphatic carbocycles. The minimum atomic E-state index is -0.272. The van der Waals surface area contributed by atoms with E-state index in [1.807, 2.05) is 6.92 Å². The first-order valence-corrected chi connectivity index (χ1v) is 7.71. The zero-order chi connectivity index (χ0) is 15.7. The Morgan fingerprint density at radius 3 is 2.52 bits per heavy atom. The van der Waals surface area contributed by atoms with Crippen LogP contribution in [-0.4, -0.2) is 17.2 Å². The minimum Gasteiger partial charge on any atom is -0.508 e. The van der Waals surface area contributed by atoms with E-state index in [-0.39, 0.29) is 17.8 Å². The Hall–Kier alpha value is -1.77. The Bertz CT molecular complexity index is 460. The maximum Gasteiger partial charge on any atom is 0.333 e. The van der Waals surface area contributed by atoms with Crippen LogP contribution in [0.15, 0.2) is 29.8 Å². The summed E-state index contributed by atoms with van der Waals surface area (Å²) >= 11 is 0. The van der Waals surface area contributed by atoms with Gasteiger partial charge in [0.25, 0.3) is 0 Å². The number of hydrogen-bond donors (Lipinski definition) is 1. The van der Waals surface area contributed by atoms with Crippen molar-refractivity contribution in [1.29, 1.82) is 0 Å². The van der Waals surface area contributed by atoms with Crippen molar-refractivity contribution in [3.05, 3.63) is 35.4 Å². The zero-order valence-corrected chi connectivity index (χ0v) is 13.3. The fourth-order valence-corrected chi connectivity index (χ4v) is 2.07. The minimum absolute atomic E-state index is 0.0440. The number of phenolic OH excluding ortho intramolecular Hbond substituents is 1. The van der Waals surface area contributed by atoms with Gasteiger partial charge in [-0.25, -0.2) is 4.79 Å². The molecule has 116 valence electrons. The molecular formula is C18H26O3. The lowest BCUT2D eigenvalue weighted by Gasteiger charge is -2.13. The van der Waals surface area contributed by atoms with Gasteiger partial charge in [0, 0.05) is 5.57 Å². The highest BCUT2D eigenvalue weighted by Gasteiger charge is 2.11. The molecular weight excluding hydrogens is 264 g/mol. The first kappa shape index (κ1) is 17.3. The number of unbranched alkanes of at least 4 members (excludes halogenated alkanes) is 3. The van der Waals surface area contributed by atoms with Crippen molar-refractivity contribution in [2.75, 3.05) is 0 Å². The second kappa shape index (κ2) is 9.22. The predicted molar refractivity (Wildman–Crippen MR) is 86.1 cm³/mol. The largest absolute Gasteiger partial charge is 0.508 e. The third-order valence-corrected chi connectivity index (χ3v) is 3.37. The van der Waals surface area contributed by atoms with Gasteiger partial charge in [0.05, 0.1) is 6.10 Å². The molecule has 1 rings (SSSR count). The number of aromatic hydroxyl groups is 1. The normalized spacial score (nSPS) is 13.0. The first-order valence-electron chi connectivity index (χ1n) is 7.71. The summed E-state index contributed by atoms with van der Waals surface area (Å²) in [4.78, 5) is 12.0. The summed E-state index contributed by atoms with van der Waals surface area (Å²) in [5.74, 6) is -0.0563. The average Bonchev–Trinajstić information content (AvgIpc) is 2.46. The van der Waals surface area contributed by atoms with Crippen molar-refractivity contribution < 1.29 is 14.6 Å². The molecule has 1 aromatic carbocycles. The average molecular weight is 290 g/mol. The summed E-state index contributed by atoms with van der Waals surface area (Å²) in [5.41, 5.74) is 1.44. The third kappa shape index (κ3) is 6.98. The van der Waals surface area contributed by atoms with Gasteiger partial charge in [-0.2, -0.15) is 0 Å². The summed E-state index contributed by atoms with van der Waals surface area (Å²) in [5, 5.41) is 9.23. The van der Waals surface area contributed by atoms with Crippen LogP contribution >= 0.6 is 0 Å². The monoisotopic (exact) mass is 290 g/mol. The summed E-state index contributed by atoms with van der Waals surface area (Å²) in [6, 6.07) is 6.72. The predicted octanol–water partition coefficient (Wildman–Crippen LogP) is 4.70. The van der Waals surface area contributed by atoms with Crippen LogP contribution in [0.5, 0.6) is 5.75 Å². The fraction of sp³-hybridized carbons (Fsp3) is 0.500. The van der Waals surface area contributed by atoms with Crippen molar-refractivity contribution in [2.24, 2.45) is 0 Å². The van der Waals surface area contributed by atoms with E-state index in [1.54, 1.807) is 37.3 Å². The van der Waals surface area contributed by atoms with Crippen LogP contribution in [0.2, 0.25) is 0 Å². The maximum atomic E-state index is 12.0. The molecule has 0 saturated heterocycles. The number of carbonyl (C=O) groups is 1. The highest BCUT2D eigenvalue weighted by molar-refractivity contribution is 5.93. The molecule has 0 unspecified atom stereocenters. The Balaban J connectivity index is 2.44. The third-order valence-electron chi connectivity index (χ3n) is 3.37. The summed E-state index contributed by atoms with van der Waals surface area (Å²) in [7, 11) is 0. The highest BCUT2D eigenvalue weighted by Crippen LogP contribution is 2.14. The Labute approximate surface area is 127 Å². The van der Waals surface area contributed by atoms with E-state index >= 15 is 0 Å². The summed E-state index contributed by atoms with van der Waals surface area (Å²) < 4.78 is 5.43. The van der Waals surface area contributed by atoms with Gasteiger partial charge in [0.1, 0.15) is 5.75 Å². The van der Waals surface area contributed by atoms with Gasteiger partial charge in [-0.1, -0.05) is 38.3 Å².